The lowest BCUT2D eigenvalue weighted by Crippen LogP contribution is -2.33. The summed E-state index contributed by atoms with van der Waals surface area (Å²) in [4.78, 5) is 20.0. The lowest BCUT2D eigenvalue weighted by atomic mass is 10.1. The molecule has 1 fully saturated rings. The molecule has 0 aliphatic carbocycles. The zero-order valence-electron chi connectivity index (χ0n) is 19.3. The number of nitrogens with two attached hydrogens (primary N) is 1. The number of alkyl halides is 1. The van der Waals surface area contributed by atoms with Gasteiger partial charge in [-0.05, 0) is 43.5 Å². The fraction of sp³-hybridized carbons (Fsp3) is 0.308. The molecule has 1 atom stereocenters. The van der Waals surface area contributed by atoms with Crippen LogP contribution >= 0.6 is 22.9 Å². The number of primary amides is 1. The first kappa shape index (κ1) is 23.8. The lowest BCUT2D eigenvalue weighted by Gasteiger charge is -2.28. The first-order valence-electron chi connectivity index (χ1n) is 11.6. The van der Waals surface area contributed by atoms with Gasteiger partial charge in [0.2, 0.25) is 0 Å². The molecule has 35 heavy (non-hydrogen) atoms. The number of likely N-dealkylation sites (tertiary alicyclic amines) is 1. The van der Waals surface area contributed by atoms with E-state index in [1.807, 2.05) is 60.0 Å². The Bertz CT molecular complexity index is 1360. The molecule has 1 aromatic carbocycles. The van der Waals surface area contributed by atoms with Crippen LogP contribution in [0.3, 0.4) is 0 Å². The van der Waals surface area contributed by atoms with Gasteiger partial charge in [-0.15, -0.1) is 11.3 Å². The van der Waals surface area contributed by atoms with Crippen LogP contribution in [0.1, 0.15) is 46.7 Å². The highest BCUT2D eigenvalue weighted by atomic mass is 35.5. The molecule has 0 saturated carbocycles. The first-order chi connectivity index (χ1) is 16.9. The van der Waals surface area contributed by atoms with Crippen molar-refractivity contribution in [1.82, 2.24) is 14.3 Å². The number of fused-ring (bicyclic) bond motifs is 1. The predicted octanol–water partition coefficient (Wildman–Crippen LogP) is 5.89. The van der Waals surface area contributed by atoms with Gasteiger partial charge < -0.3 is 10.5 Å². The molecule has 182 valence electrons. The second-order valence-electron chi connectivity index (χ2n) is 8.81. The molecule has 0 radical (unpaired) electrons. The minimum atomic E-state index is -0.689. The van der Waals surface area contributed by atoms with Crippen molar-refractivity contribution < 1.29 is 13.9 Å². The molecule has 4 heterocycles. The number of piperidine rings is 1. The molecule has 1 aliphatic heterocycles. The summed E-state index contributed by atoms with van der Waals surface area (Å²) < 4.78 is 21.6. The van der Waals surface area contributed by atoms with Crippen molar-refractivity contribution in [3.05, 3.63) is 75.9 Å². The standard InChI is InChI=1S/C26H26ClFN4O2S/c1-16(19-6-5-17(12-20(19)27)15-31-10-7-18(28)8-11-31)34-22-13-23(35-25(22)26(29)33)21-14-30-24-4-2-3-9-32(21)24/h2-6,9,12-14,16,18H,7-8,10-11,15H2,1H3,(H2,29,33)/t16-/m1/s1. The molecule has 2 N–H and O–H groups in total. The van der Waals surface area contributed by atoms with E-state index in [1.54, 1.807) is 6.20 Å². The topological polar surface area (TPSA) is 72.9 Å². The summed E-state index contributed by atoms with van der Waals surface area (Å²) in [5, 5.41) is 0.591. The van der Waals surface area contributed by atoms with E-state index < -0.39 is 18.2 Å². The van der Waals surface area contributed by atoms with Crippen LogP contribution in [0.2, 0.25) is 5.02 Å². The van der Waals surface area contributed by atoms with Gasteiger partial charge in [0.05, 0.1) is 16.8 Å². The molecule has 0 spiro atoms. The van der Waals surface area contributed by atoms with Gasteiger partial charge in [-0.2, -0.15) is 0 Å². The summed E-state index contributed by atoms with van der Waals surface area (Å²) in [6.45, 7) is 4.13. The number of pyridine rings is 1. The molecule has 5 rings (SSSR count). The Morgan fingerprint density at radius 2 is 2.09 bits per heavy atom. The second-order valence-corrected chi connectivity index (χ2v) is 10.3. The third-order valence-electron chi connectivity index (χ3n) is 6.32. The van der Waals surface area contributed by atoms with E-state index in [9.17, 15) is 9.18 Å². The minimum absolute atomic E-state index is 0.349. The molecule has 3 aromatic heterocycles. The van der Waals surface area contributed by atoms with Gasteiger partial charge in [0.15, 0.2) is 0 Å². The van der Waals surface area contributed by atoms with Gasteiger partial charge >= 0.3 is 0 Å². The smallest absolute Gasteiger partial charge is 0.262 e. The van der Waals surface area contributed by atoms with Gasteiger partial charge in [-0.3, -0.25) is 14.1 Å². The third-order valence-corrected chi connectivity index (χ3v) is 7.80. The van der Waals surface area contributed by atoms with E-state index in [-0.39, 0.29) is 0 Å². The number of imidazole rings is 1. The molecule has 6 nitrogen and oxygen atoms in total. The van der Waals surface area contributed by atoms with E-state index in [2.05, 4.69) is 9.88 Å². The largest absolute Gasteiger partial charge is 0.484 e. The quantitative estimate of drug-likeness (QED) is 0.335. The van der Waals surface area contributed by atoms with Crippen molar-refractivity contribution in [2.24, 2.45) is 5.73 Å². The van der Waals surface area contributed by atoms with Gasteiger partial charge in [-0.25, -0.2) is 9.37 Å². The molecule has 4 aromatic rings. The SMILES string of the molecule is C[C@@H](Oc1cc(-c2cnc3ccccn23)sc1C(N)=O)c1ccc(CN2CCC(F)CC2)cc1Cl. The van der Waals surface area contributed by atoms with Crippen LogP contribution in [0.5, 0.6) is 5.75 Å². The number of thiophene rings is 1. The molecular formula is C26H26ClFN4O2S. The summed E-state index contributed by atoms with van der Waals surface area (Å²) in [6, 6.07) is 13.5. The van der Waals surface area contributed by atoms with Crippen molar-refractivity contribution >= 4 is 34.5 Å². The molecule has 9 heteroatoms. The zero-order chi connectivity index (χ0) is 24.5. The average Bonchev–Trinajstić information content (AvgIpc) is 3.45. The lowest BCUT2D eigenvalue weighted by molar-refractivity contribution is 0.0998. The maximum absolute atomic E-state index is 13.4. The summed E-state index contributed by atoms with van der Waals surface area (Å²) in [5.41, 5.74) is 9.23. The fourth-order valence-corrected chi connectivity index (χ4v) is 5.75. The van der Waals surface area contributed by atoms with Crippen LogP contribution in [0.25, 0.3) is 16.2 Å². The number of halogens is 2. The number of benzene rings is 1. The maximum atomic E-state index is 13.4. The molecular weight excluding hydrogens is 487 g/mol. The van der Waals surface area contributed by atoms with E-state index in [4.69, 9.17) is 22.1 Å². The third kappa shape index (κ3) is 5.05. The van der Waals surface area contributed by atoms with E-state index in [1.165, 1.54) is 11.3 Å². The monoisotopic (exact) mass is 512 g/mol. The number of hydrogen-bond acceptors (Lipinski definition) is 5. The number of aromatic nitrogens is 2. The number of ether oxygens (including phenoxy) is 1. The van der Waals surface area contributed by atoms with Crippen LogP contribution in [0, 0.1) is 0 Å². The number of nitrogens with zero attached hydrogens (tertiary/aromatic N) is 3. The Labute approximate surface area is 212 Å². The Kier molecular flexibility index (Phi) is 6.77. The van der Waals surface area contributed by atoms with Crippen LogP contribution in [-0.4, -0.2) is 39.5 Å². The van der Waals surface area contributed by atoms with E-state index in [0.29, 0.717) is 28.5 Å². The van der Waals surface area contributed by atoms with Crippen LogP contribution in [-0.2, 0) is 6.54 Å². The molecule has 1 amide bonds. The Hall–Kier alpha value is -2.94. The fourth-order valence-electron chi connectivity index (χ4n) is 4.45. The normalized spacial score (nSPS) is 16.0. The first-order valence-corrected chi connectivity index (χ1v) is 12.8. The molecule has 1 aliphatic rings. The summed E-state index contributed by atoms with van der Waals surface area (Å²) in [6.07, 6.45) is 3.76. The van der Waals surface area contributed by atoms with E-state index >= 15 is 0 Å². The predicted molar refractivity (Wildman–Crippen MR) is 137 cm³/mol. The van der Waals surface area contributed by atoms with Crippen molar-refractivity contribution in [3.63, 3.8) is 0 Å². The van der Waals surface area contributed by atoms with Gasteiger partial charge in [-0.1, -0.05) is 29.8 Å². The minimum Gasteiger partial charge on any atom is -0.484 e. The number of carbonyl (C=O) groups excluding carboxylic acids is 1. The van der Waals surface area contributed by atoms with Gasteiger partial charge in [0.25, 0.3) is 5.91 Å². The number of rotatable bonds is 7. The van der Waals surface area contributed by atoms with Crippen molar-refractivity contribution in [1.29, 1.82) is 0 Å². The maximum Gasteiger partial charge on any atom is 0.262 e. The van der Waals surface area contributed by atoms with Crippen LogP contribution < -0.4 is 10.5 Å². The molecule has 0 bridgehead atoms. The highest BCUT2D eigenvalue weighted by Gasteiger charge is 2.22. The number of carbonyl (C=O) groups is 1. The van der Waals surface area contributed by atoms with Crippen LogP contribution in [0.4, 0.5) is 4.39 Å². The Balaban J connectivity index is 1.35. The summed E-state index contributed by atoms with van der Waals surface area (Å²) >= 11 is 7.90. The average molecular weight is 513 g/mol. The highest BCUT2D eigenvalue weighted by Crippen LogP contribution is 2.39. The number of amides is 1. The molecule has 1 saturated heterocycles. The van der Waals surface area contributed by atoms with E-state index in [0.717, 1.165) is 47.0 Å². The van der Waals surface area contributed by atoms with Gasteiger partial charge in [0, 0.05) is 42.5 Å². The second kappa shape index (κ2) is 9.97. The van der Waals surface area contributed by atoms with Crippen LogP contribution in [0.15, 0.2) is 54.9 Å². The van der Waals surface area contributed by atoms with Crippen molar-refractivity contribution in [3.8, 4) is 16.3 Å². The zero-order valence-corrected chi connectivity index (χ0v) is 20.9. The number of hydrogen-bond donors (Lipinski definition) is 1. The van der Waals surface area contributed by atoms with Crippen molar-refractivity contribution in [2.75, 3.05) is 13.1 Å². The Morgan fingerprint density at radius 1 is 1.29 bits per heavy atom. The Morgan fingerprint density at radius 3 is 2.83 bits per heavy atom. The van der Waals surface area contributed by atoms with Crippen molar-refractivity contribution in [2.45, 2.75) is 38.6 Å². The molecule has 0 unspecified atom stereocenters. The summed E-state index contributed by atoms with van der Waals surface area (Å²) in [7, 11) is 0. The van der Waals surface area contributed by atoms with Gasteiger partial charge in [0.1, 0.15) is 28.5 Å². The highest BCUT2D eigenvalue weighted by molar-refractivity contribution is 7.17. The summed E-state index contributed by atoms with van der Waals surface area (Å²) in [5.74, 6) is -0.124.